The second-order valence-electron chi connectivity index (χ2n) is 6.19. The van der Waals surface area contributed by atoms with Crippen molar-refractivity contribution in [2.45, 2.75) is 44.3 Å². The number of hydrogen-bond donors (Lipinski definition) is 1. The lowest BCUT2D eigenvalue weighted by molar-refractivity contribution is -0.150. The Morgan fingerprint density at radius 3 is 2.38 bits per heavy atom. The summed E-state index contributed by atoms with van der Waals surface area (Å²) < 4.78 is 39.2. The molecule has 0 radical (unpaired) electrons. The highest BCUT2D eigenvalue weighted by atomic mass is 19.4. The van der Waals surface area contributed by atoms with Crippen molar-refractivity contribution < 1.29 is 13.2 Å². The fourth-order valence-electron chi connectivity index (χ4n) is 2.80. The lowest BCUT2D eigenvalue weighted by Gasteiger charge is -2.41. The third-order valence-electron chi connectivity index (χ3n) is 4.32. The molecule has 1 aliphatic rings. The van der Waals surface area contributed by atoms with Gasteiger partial charge >= 0.3 is 6.18 Å². The van der Waals surface area contributed by atoms with E-state index in [9.17, 15) is 13.2 Å². The first-order valence-corrected chi connectivity index (χ1v) is 7.30. The molecule has 0 atom stereocenters. The minimum atomic E-state index is -4.14. The van der Waals surface area contributed by atoms with E-state index in [1.807, 2.05) is 17.1 Å². The minimum Gasteiger partial charge on any atom is -0.328 e. The molecule has 2 heterocycles. The van der Waals surface area contributed by atoms with Gasteiger partial charge in [-0.2, -0.15) is 18.3 Å². The molecule has 0 amide bonds. The van der Waals surface area contributed by atoms with Crippen LogP contribution in [0.1, 0.15) is 38.2 Å². The van der Waals surface area contributed by atoms with E-state index >= 15 is 0 Å². The molecule has 0 aliphatic carbocycles. The number of piperidine rings is 1. The van der Waals surface area contributed by atoms with Crippen LogP contribution in [0.25, 0.3) is 0 Å². The van der Waals surface area contributed by atoms with Crippen molar-refractivity contribution in [3.8, 4) is 0 Å². The van der Waals surface area contributed by atoms with Crippen LogP contribution in [0.4, 0.5) is 13.2 Å². The molecular formula is C14H23F3N4. The van der Waals surface area contributed by atoms with Crippen molar-refractivity contribution in [2.24, 2.45) is 5.73 Å². The summed E-state index contributed by atoms with van der Waals surface area (Å²) in [4.78, 5) is 1.45. The number of likely N-dealkylation sites (tertiary alicyclic amines) is 1. The second-order valence-corrected chi connectivity index (χ2v) is 6.19. The predicted molar refractivity (Wildman–Crippen MR) is 75.1 cm³/mol. The van der Waals surface area contributed by atoms with Gasteiger partial charge in [0.05, 0.1) is 18.3 Å². The van der Waals surface area contributed by atoms with Crippen molar-refractivity contribution in [3.63, 3.8) is 0 Å². The number of nitrogens with zero attached hydrogens (tertiary/aromatic N) is 3. The summed E-state index contributed by atoms with van der Waals surface area (Å²) in [6.45, 7) is 4.52. The maximum absolute atomic E-state index is 12.4. The molecule has 4 nitrogen and oxygen atoms in total. The largest absolute Gasteiger partial charge is 0.401 e. The molecule has 1 aromatic heterocycles. The lowest BCUT2D eigenvalue weighted by atomic mass is 9.87. The number of alkyl halides is 3. The number of hydrogen-bond acceptors (Lipinski definition) is 3. The molecule has 1 fully saturated rings. The molecule has 2 rings (SSSR count). The fourth-order valence-corrected chi connectivity index (χ4v) is 2.80. The average molecular weight is 304 g/mol. The summed E-state index contributed by atoms with van der Waals surface area (Å²) in [7, 11) is 0. The maximum Gasteiger partial charge on any atom is 0.401 e. The minimum absolute atomic E-state index is 0.352. The molecule has 0 spiro atoms. The highest BCUT2D eigenvalue weighted by molar-refractivity contribution is 5.11. The normalized spacial score (nSPS) is 20.1. The van der Waals surface area contributed by atoms with Crippen LogP contribution < -0.4 is 5.73 Å². The Labute approximate surface area is 123 Å². The molecule has 21 heavy (non-hydrogen) atoms. The van der Waals surface area contributed by atoms with Gasteiger partial charge in [0, 0.05) is 25.8 Å². The van der Waals surface area contributed by atoms with Crippen molar-refractivity contribution >= 4 is 0 Å². The van der Waals surface area contributed by atoms with E-state index in [0.717, 1.165) is 5.56 Å². The second kappa shape index (κ2) is 5.96. The summed E-state index contributed by atoms with van der Waals surface area (Å²) in [6.07, 6.45) is 0.859. The topological polar surface area (TPSA) is 47.1 Å². The van der Waals surface area contributed by atoms with Crippen LogP contribution in [0.2, 0.25) is 0 Å². The van der Waals surface area contributed by atoms with Crippen molar-refractivity contribution in [3.05, 3.63) is 18.0 Å². The van der Waals surface area contributed by atoms with Gasteiger partial charge in [0.2, 0.25) is 0 Å². The van der Waals surface area contributed by atoms with Gasteiger partial charge in [-0.15, -0.1) is 0 Å². The van der Waals surface area contributed by atoms with E-state index in [2.05, 4.69) is 18.9 Å². The van der Waals surface area contributed by atoms with E-state index in [-0.39, 0.29) is 5.54 Å². The number of nitrogens with two attached hydrogens (primary N) is 1. The number of rotatable bonds is 4. The fraction of sp³-hybridized carbons (Fsp3) is 0.786. The van der Waals surface area contributed by atoms with Crippen LogP contribution in [0.15, 0.2) is 12.4 Å². The molecule has 0 aromatic carbocycles. The first-order chi connectivity index (χ1) is 9.76. The summed E-state index contributed by atoms with van der Waals surface area (Å²) in [5.41, 5.74) is 6.70. The third kappa shape index (κ3) is 3.77. The van der Waals surface area contributed by atoms with Gasteiger partial charge in [0.1, 0.15) is 0 Å². The Kier molecular flexibility index (Phi) is 4.63. The predicted octanol–water partition coefficient (Wildman–Crippen LogP) is 2.32. The molecule has 1 aliphatic heterocycles. The molecule has 0 unspecified atom stereocenters. The van der Waals surface area contributed by atoms with Crippen molar-refractivity contribution in [1.82, 2.24) is 14.7 Å². The third-order valence-corrected chi connectivity index (χ3v) is 4.32. The lowest BCUT2D eigenvalue weighted by Crippen LogP contribution is -2.52. The molecule has 1 saturated heterocycles. The summed E-state index contributed by atoms with van der Waals surface area (Å²) in [6, 6.07) is 0. The van der Waals surface area contributed by atoms with Crippen LogP contribution in [-0.2, 0) is 5.54 Å². The SMILES string of the molecule is CC(C)c1cnn(C2(CN)CCN(CC(F)(F)F)CC2)c1. The Morgan fingerprint density at radius 2 is 1.95 bits per heavy atom. The van der Waals surface area contributed by atoms with Crippen molar-refractivity contribution in [2.75, 3.05) is 26.2 Å². The zero-order valence-electron chi connectivity index (χ0n) is 12.5. The van der Waals surface area contributed by atoms with Crippen LogP contribution in [0.5, 0.6) is 0 Å². The van der Waals surface area contributed by atoms with Gasteiger partial charge in [0.25, 0.3) is 0 Å². The Morgan fingerprint density at radius 1 is 1.33 bits per heavy atom. The monoisotopic (exact) mass is 304 g/mol. The average Bonchev–Trinajstić information content (AvgIpc) is 2.88. The van der Waals surface area contributed by atoms with E-state index in [0.29, 0.717) is 38.4 Å². The first-order valence-electron chi connectivity index (χ1n) is 7.30. The van der Waals surface area contributed by atoms with Gasteiger partial charge in [0.15, 0.2) is 0 Å². The Hall–Kier alpha value is -1.08. The first kappa shape index (κ1) is 16.3. The smallest absolute Gasteiger partial charge is 0.328 e. The standard InChI is InChI=1S/C14H23F3N4/c1-11(2)12-7-19-21(8-12)13(9-18)3-5-20(6-4-13)10-14(15,16)17/h7-8,11H,3-6,9-10,18H2,1-2H3. The van der Waals surface area contributed by atoms with Crippen LogP contribution in [0, 0.1) is 0 Å². The highest BCUT2D eigenvalue weighted by Crippen LogP contribution is 2.31. The quantitative estimate of drug-likeness (QED) is 0.928. The summed E-state index contributed by atoms with van der Waals surface area (Å²) >= 11 is 0. The van der Waals surface area contributed by atoms with Crippen LogP contribution >= 0.6 is 0 Å². The molecule has 0 bridgehead atoms. The number of aromatic nitrogens is 2. The van der Waals surface area contributed by atoms with E-state index in [4.69, 9.17) is 5.73 Å². The van der Waals surface area contributed by atoms with E-state index in [1.165, 1.54) is 4.90 Å². The zero-order valence-corrected chi connectivity index (χ0v) is 12.5. The van der Waals surface area contributed by atoms with Gasteiger partial charge in [-0.3, -0.25) is 9.58 Å². The Bertz CT molecular complexity index is 459. The van der Waals surface area contributed by atoms with Gasteiger partial charge in [-0.1, -0.05) is 13.8 Å². The van der Waals surface area contributed by atoms with Crippen molar-refractivity contribution in [1.29, 1.82) is 0 Å². The highest BCUT2D eigenvalue weighted by Gasteiger charge is 2.39. The molecule has 7 heteroatoms. The van der Waals surface area contributed by atoms with Crippen LogP contribution in [0.3, 0.4) is 0 Å². The van der Waals surface area contributed by atoms with Gasteiger partial charge in [-0.25, -0.2) is 0 Å². The van der Waals surface area contributed by atoms with Gasteiger partial charge < -0.3 is 5.73 Å². The Balaban J connectivity index is 2.07. The summed E-state index contributed by atoms with van der Waals surface area (Å²) in [5.74, 6) is 0.374. The molecule has 2 N–H and O–H groups in total. The maximum atomic E-state index is 12.4. The molecular weight excluding hydrogens is 281 g/mol. The van der Waals surface area contributed by atoms with E-state index in [1.54, 1.807) is 0 Å². The summed E-state index contributed by atoms with van der Waals surface area (Å²) in [5, 5.41) is 4.40. The van der Waals surface area contributed by atoms with Crippen LogP contribution in [-0.4, -0.2) is 47.0 Å². The molecule has 1 aromatic rings. The zero-order chi connectivity index (χ0) is 15.7. The molecule has 120 valence electrons. The number of halogens is 3. The van der Waals surface area contributed by atoms with E-state index < -0.39 is 12.7 Å². The van der Waals surface area contributed by atoms with Gasteiger partial charge in [-0.05, 0) is 24.3 Å². The molecule has 0 saturated carbocycles.